The highest BCUT2D eigenvalue weighted by atomic mass is 19.1. The summed E-state index contributed by atoms with van der Waals surface area (Å²) in [5, 5.41) is 9.55. The summed E-state index contributed by atoms with van der Waals surface area (Å²) in [6.45, 7) is 1.68. The standard InChI is InChI=1S/C17H15F2N5O/c1-11(24-10-20-9-21-24)17(25)23-16-5-3-2-4-15(16)22-14-7-6-12(18)8-13(14)19/h2-11,22H,1H3,(H,23,25)/t11-/m1/s1. The number of aromatic nitrogens is 3. The maximum Gasteiger partial charge on any atom is 0.249 e. The smallest absolute Gasteiger partial charge is 0.249 e. The first-order valence-electron chi connectivity index (χ1n) is 7.50. The Hall–Kier alpha value is -3.29. The van der Waals surface area contributed by atoms with Gasteiger partial charge in [-0.3, -0.25) is 4.79 Å². The molecule has 0 aliphatic rings. The van der Waals surface area contributed by atoms with E-state index in [1.165, 1.54) is 23.4 Å². The zero-order chi connectivity index (χ0) is 17.8. The molecule has 8 heteroatoms. The molecule has 128 valence electrons. The van der Waals surface area contributed by atoms with Crippen LogP contribution >= 0.6 is 0 Å². The third kappa shape index (κ3) is 3.79. The molecule has 0 radical (unpaired) electrons. The van der Waals surface area contributed by atoms with Gasteiger partial charge in [-0.2, -0.15) is 5.10 Å². The number of amides is 1. The Morgan fingerprint density at radius 3 is 2.56 bits per heavy atom. The molecule has 2 aromatic carbocycles. The van der Waals surface area contributed by atoms with Crippen molar-refractivity contribution < 1.29 is 13.6 Å². The van der Waals surface area contributed by atoms with E-state index < -0.39 is 17.7 Å². The zero-order valence-electron chi connectivity index (χ0n) is 13.3. The molecule has 1 atom stereocenters. The number of carbonyl (C=O) groups excluding carboxylic acids is 1. The lowest BCUT2D eigenvalue weighted by Gasteiger charge is -2.16. The molecule has 0 bridgehead atoms. The predicted molar refractivity (Wildman–Crippen MR) is 89.4 cm³/mol. The third-order valence-electron chi connectivity index (χ3n) is 3.60. The van der Waals surface area contributed by atoms with Crippen LogP contribution in [0, 0.1) is 11.6 Å². The van der Waals surface area contributed by atoms with E-state index in [1.54, 1.807) is 31.2 Å². The molecule has 0 fully saturated rings. The van der Waals surface area contributed by atoms with Gasteiger partial charge in [0.25, 0.3) is 0 Å². The molecule has 0 spiro atoms. The molecule has 6 nitrogen and oxygen atoms in total. The summed E-state index contributed by atoms with van der Waals surface area (Å²) in [6, 6.07) is 9.49. The number of anilines is 3. The number of benzene rings is 2. The molecule has 0 aliphatic heterocycles. The van der Waals surface area contributed by atoms with Crippen LogP contribution < -0.4 is 10.6 Å². The molecule has 2 N–H and O–H groups in total. The summed E-state index contributed by atoms with van der Waals surface area (Å²) in [6.07, 6.45) is 2.79. The predicted octanol–water partition coefficient (Wildman–Crippen LogP) is 3.50. The van der Waals surface area contributed by atoms with Gasteiger partial charge in [0.05, 0.1) is 17.1 Å². The van der Waals surface area contributed by atoms with Crippen LogP contribution in [0.5, 0.6) is 0 Å². The fourth-order valence-electron chi connectivity index (χ4n) is 2.21. The van der Waals surface area contributed by atoms with E-state index in [2.05, 4.69) is 20.7 Å². The van der Waals surface area contributed by atoms with E-state index in [-0.39, 0.29) is 11.6 Å². The number of para-hydroxylation sites is 2. The summed E-state index contributed by atoms with van der Waals surface area (Å²) in [4.78, 5) is 16.2. The van der Waals surface area contributed by atoms with E-state index in [0.717, 1.165) is 12.1 Å². The first kappa shape index (κ1) is 16.6. The van der Waals surface area contributed by atoms with Crippen molar-refractivity contribution >= 4 is 23.0 Å². The highest BCUT2D eigenvalue weighted by Crippen LogP contribution is 2.27. The summed E-state index contributed by atoms with van der Waals surface area (Å²) < 4.78 is 28.3. The van der Waals surface area contributed by atoms with Crippen molar-refractivity contribution in [3.63, 3.8) is 0 Å². The fraction of sp³-hybridized carbons (Fsp3) is 0.118. The number of nitrogens with one attached hydrogen (secondary N) is 2. The van der Waals surface area contributed by atoms with Gasteiger partial charge in [-0.25, -0.2) is 18.4 Å². The quantitative estimate of drug-likeness (QED) is 0.744. The number of carbonyl (C=O) groups is 1. The van der Waals surface area contributed by atoms with E-state index in [0.29, 0.717) is 11.4 Å². The van der Waals surface area contributed by atoms with Crippen LogP contribution in [0.3, 0.4) is 0 Å². The van der Waals surface area contributed by atoms with Gasteiger partial charge in [0.2, 0.25) is 5.91 Å². The normalized spacial score (nSPS) is 11.8. The van der Waals surface area contributed by atoms with Crippen LogP contribution in [0.1, 0.15) is 13.0 Å². The Labute approximate surface area is 142 Å². The minimum Gasteiger partial charge on any atom is -0.351 e. The molecule has 3 aromatic rings. The van der Waals surface area contributed by atoms with E-state index in [9.17, 15) is 13.6 Å². The van der Waals surface area contributed by atoms with Gasteiger partial charge < -0.3 is 10.6 Å². The molecule has 1 amide bonds. The number of nitrogens with zero attached hydrogens (tertiary/aromatic N) is 3. The minimum absolute atomic E-state index is 0.104. The van der Waals surface area contributed by atoms with Gasteiger partial charge in [0.1, 0.15) is 30.3 Å². The van der Waals surface area contributed by atoms with Crippen LogP contribution in [0.4, 0.5) is 25.8 Å². The third-order valence-corrected chi connectivity index (χ3v) is 3.60. The molecule has 0 saturated heterocycles. The van der Waals surface area contributed by atoms with Gasteiger partial charge >= 0.3 is 0 Å². The highest BCUT2D eigenvalue weighted by molar-refractivity contribution is 5.96. The second-order valence-corrected chi connectivity index (χ2v) is 5.34. The minimum atomic E-state index is -0.725. The van der Waals surface area contributed by atoms with Gasteiger partial charge in [0.15, 0.2) is 0 Å². The molecular weight excluding hydrogens is 328 g/mol. The monoisotopic (exact) mass is 343 g/mol. The molecular formula is C17H15F2N5O. The molecule has 0 unspecified atom stereocenters. The lowest BCUT2D eigenvalue weighted by Crippen LogP contribution is -2.24. The van der Waals surface area contributed by atoms with Crippen molar-refractivity contribution in [3.8, 4) is 0 Å². The lowest BCUT2D eigenvalue weighted by molar-refractivity contribution is -0.119. The van der Waals surface area contributed by atoms with Crippen molar-refractivity contribution in [3.05, 3.63) is 66.8 Å². The average molecular weight is 343 g/mol. The van der Waals surface area contributed by atoms with Gasteiger partial charge in [0, 0.05) is 6.07 Å². The van der Waals surface area contributed by atoms with Gasteiger partial charge in [-0.05, 0) is 31.2 Å². The van der Waals surface area contributed by atoms with Gasteiger partial charge in [-0.1, -0.05) is 12.1 Å². The second-order valence-electron chi connectivity index (χ2n) is 5.34. The molecule has 0 saturated carbocycles. The van der Waals surface area contributed by atoms with Crippen molar-refractivity contribution in [2.75, 3.05) is 10.6 Å². The Morgan fingerprint density at radius 2 is 1.88 bits per heavy atom. The molecule has 1 aromatic heterocycles. The number of halogens is 2. The molecule has 0 aliphatic carbocycles. The molecule has 1 heterocycles. The SMILES string of the molecule is C[C@H](C(=O)Nc1ccccc1Nc1ccc(F)cc1F)n1cncn1. The average Bonchev–Trinajstić information content (AvgIpc) is 3.12. The summed E-state index contributed by atoms with van der Waals surface area (Å²) in [7, 11) is 0. The largest absolute Gasteiger partial charge is 0.351 e. The fourth-order valence-corrected chi connectivity index (χ4v) is 2.21. The molecule has 25 heavy (non-hydrogen) atoms. The number of rotatable bonds is 5. The van der Waals surface area contributed by atoms with E-state index >= 15 is 0 Å². The Morgan fingerprint density at radius 1 is 1.12 bits per heavy atom. The Bertz CT molecular complexity index is 883. The maximum atomic E-state index is 13.8. The first-order valence-corrected chi connectivity index (χ1v) is 7.50. The topological polar surface area (TPSA) is 71.8 Å². The summed E-state index contributed by atoms with van der Waals surface area (Å²) in [5.41, 5.74) is 1.04. The Kier molecular flexibility index (Phi) is 4.69. The maximum absolute atomic E-state index is 13.8. The zero-order valence-corrected chi connectivity index (χ0v) is 13.3. The Balaban J connectivity index is 1.80. The number of hydrogen-bond donors (Lipinski definition) is 2. The molecule has 3 rings (SSSR count). The van der Waals surface area contributed by atoms with Crippen LogP contribution in [0.15, 0.2) is 55.1 Å². The lowest BCUT2D eigenvalue weighted by atomic mass is 10.2. The highest BCUT2D eigenvalue weighted by Gasteiger charge is 2.17. The summed E-state index contributed by atoms with van der Waals surface area (Å²) in [5.74, 6) is -1.69. The van der Waals surface area contributed by atoms with E-state index in [4.69, 9.17) is 0 Å². The van der Waals surface area contributed by atoms with Crippen LogP contribution in [-0.2, 0) is 4.79 Å². The summed E-state index contributed by atoms with van der Waals surface area (Å²) >= 11 is 0. The van der Waals surface area contributed by atoms with Crippen LogP contribution in [-0.4, -0.2) is 20.7 Å². The van der Waals surface area contributed by atoms with Crippen molar-refractivity contribution in [1.82, 2.24) is 14.8 Å². The van der Waals surface area contributed by atoms with Crippen molar-refractivity contribution in [2.45, 2.75) is 13.0 Å². The van der Waals surface area contributed by atoms with Crippen LogP contribution in [0.25, 0.3) is 0 Å². The van der Waals surface area contributed by atoms with E-state index in [1.807, 2.05) is 0 Å². The first-order chi connectivity index (χ1) is 12.0. The second kappa shape index (κ2) is 7.08. The van der Waals surface area contributed by atoms with Gasteiger partial charge in [-0.15, -0.1) is 0 Å². The number of hydrogen-bond acceptors (Lipinski definition) is 4. The van der Waals surface area contributed by atoms with Crippen LogP contribution in [0.2, 0.25) is 0 Å². The van der Waals surface area contributed by atoms with Crippen molar-refractivity contribution in [1.29, 1.82) is 0 Å². The van der Waals surface area contributed by atoms with Crippen molar-refractivity contribution in [2.24, 2.45) is 0 Å².